The molecule has 0 bridgehead atoms. The SMILES string of the molecule is CCC(C(=O)Nc1cc(C)on1)N1CCN(Cc2cscn2)CC1. The van der Waals surface area contributed by atoms with Crippen molar-refractivity contribution in [3.8, 4) is 0 Å². The van der Waals surface area contributed by atoms with Crippen LogP contribution in [0, 0.1) is 6.92 Å². The lowest BCUT2D eigenvalue weighted by atomic mass is 10.1. The summed E-state index contributed by atoms with van der Waals surface area (Å²) < 4.78 is 5.00. The van der Waals surface area contributed by atoms with Crippen LogP contribution in [0.15, 0.2) is 21.5 Å². The third-order valence-electron chi connectivity index (χ3n) is 4.29. The molecule has 1 atom stereocenters. The Morgan fingerprint density at radius 1 is 1.42 bits per heavy atom. The second-order valence-electron chi connectivity index (χ2n) is 6.03. The van der Waals surface area contributed by atoms with E-state index in [2.05, 4.69) is 30.6 Å². The average Bonchev–Trinajstić information content (AvgIpc) is 3.22. The first-order valence-electron chi connectivity index (χ1n) is 8.23. The van der Waals surface area contributed by atoms with Gasteiger partial charge in [0.15, 0.2) is 5.82 Å². The molecular weight excluding hydrogens is 326 g/mol. The summed E-state index contributed by atoms with van der Waals surface area (Å²) in [6.45, 7) is 8.40. The van der Waals surface area contributed by atoms with Crippen molar-refractivity contribution in [1.82, 2.24) is 19.9 Å². The maximum atomic E-state index is 12.5. The molecule has 2 aromatic heterocycles. The quantitative estimate of drug-likeness (QED) is 0.859. The van der Waals surface area contributed by atoms with Crippen molar-refractivity contribution in [1.29, 1.82) is 0 Å². The zero-order valence-corrected chi connectivity index (χ0v) is 14.9. The van der Waals surface area contributed by atoms with Crippen molar-refractivity contribution >= 4 is 23.1 Å². The first kappa shape index (κ1) is 17.1. The van der Waals surface area contributed by atoms with Gasteiger partial charge in [0.2, 0.25) is 5.91 Å². The van der Waals surface area contributed by atoms with E-state index in [0.29, 0.717) is 11.6 Å². The molecule has 3 heterocycles. The Hall–Kier alpha value is -1.77. The number of amides is 1. The summed E-state index contributed by atoms with van der Waals surface area (Å²) in [6, 6.07) is 1.60. The number of nitrogens with one attached hydrogen (secondary N) is 1. The van der Waals surface area contributed by atoms with Crippen LogP contribution in [0.25, 0.3) is 0 Å². The fraction of sp³-hybridized carbons (Fsp3) is 0.562. The molecular formula is C16H23N5O2S. The standard InChI is InChI=1S/C16H23N5O2S/c1-3-14(16(22)18-15-8-12(2)23-19-15)21-6-4-20(5-7-21)9-13-10-24-11-17-13/h8,10-11,14H,3-7,9H2,1-2H3,(H,18,19,22). The number of piperazine rings is 1. The van der Waals surface area contributed by atoms with Crippen molar-refractivity contribution in [2.24, 2.45) is 0 Å². The minimum Gasteiger partial charge on any atom is -0.360 e. The van der Waals surface area contributed by atoms with Gasteiger partial charge in [0.05, 0.1) is 17.2 Å². The van der Waals surface area contributed by atoms with Gasteiger partial charge in [-0.05, 0) is 13.3 Å². The lowest BCUT2D eigenvalue weighted by Gasteiger charge is -2.38. The van der Waals surface area contributed by atoms with Gasteiger partial charge in [-0.25, -0.2) is 4.98 Å². The van der Waals surface area contributed by atoms with E-state index in [1.165, 1.54) is 0 Å². The normalized spacial score (nSPS) is 17.8. The maximum absolute atomic E-state index is 12.5. The number of anilines is 1. The predicted octanol–water partition coefficient (Wildman–Crippen LogP) is 1.97. The second-order valence-corrected chi connectivity index (χ2v) is 6.75. The largest absolute Gasteiger partial charge is 0.360 e. The second kappa shape index (κ2) is 7.87. The summed E-state index contributed by atoms with van der Waals surface area (Å²) in [7, 11) is 0. The van der Waals surface area contributed by atoms with E-state index in [1.807, 2.05) is 19.4 Å². The van der Waals surface area contributed by atoms with Crippen molar-refractivity contribution in [3.05, 3.63) is 28.4 Å². The number of carbonyl (C=O) groups excluding carboxylic acids is 1. The predicted molar refractivity (Wildman–Crippen MR) is 92.9 cm³/mol. The molecule has 7 nitrogen and oxygen atoms in total. The molecule has 1 fully saturated rings. The highest BCUT2D eigenvalue weighted by molar-refractivity contribution is 7.07. The van der Waals surface area contributed by atoms with Crippen LogP contribution < -0.4 is 5.32 Å². The van der Waals surface area contributed by atoms with E-state index in [4.69, 9.17) is 4.52 Å². The average molecular weight is 349 g/mol. The van der Waals surface area contributed by atoms with Gasteiger partial charge in [-0.1, -0.05) is 12.1 Å². The molecule has 0 aliphatic carbocycles. The molecule has 8 heteroatoms. The monoisotopic (exact) mass is 349 g/mol. The van der Waals surface area contributed by atoms with Gasteiger partial charge >= 0.3 is 0 Å². The first-order valence-corrected chi connectivity index (χ1v) is 9.17. The van der Waals surface area contributed by atoms with Crippen LogP contribution in [0.3, 0.4) is 0 Å². The molecule has 3 rings (SSSR count). The summed E-state index contributed by atoms with van der Waals surface area (Å²) in [5.74, 6) is 1.16. The number of nitrogens with zero attached hydrogens (tertiary/aromatic N) is 4. The lowest BCUT2D eigenvalue weighted by Crippen LogP contribution is -2.53. The number of rotatable bonds is 6. The number of aromatic nitrogens is 2. The number of carbonyl (C=O) groups is 1. The Morgan fingerprint density at radius 2 is 2.21 bits per heavy atom. The van der Waals surface area contributed by atoms with Crippen LogP contribution in [0.5, 0.6) is 0 Å². The minimum absolute atomic E-state index is 0.0150. The van der Waals surface area contributed by atoms with Gasteiger partial charge in [0.25, 0.3) is 0 Å². The van der Waals surface area contributed by atoms with Crippen LogP contribution in [-0.4, -0.2) is 58.1 Å². The van der Waals surface area contributed by atoms with Crippen molar-refractivity contribution in [2.45, 2.75) is 32.9 Å². The Bertz CT molecular complexity index is 649. The van der Waals surface area contributed by atoms with Gasteiger partial charge < -0.3 is 9.84 Å². The van der Waals surface area contributed by atoms with E-state index >= 15 is 0 Å². The summed E-state index contributed by atoms with van der Waals surface area (Å²) in [5, 5.41) is 8.77. The molecule has 1 aliphatic rings. The Labute approximate surface area is 145 Å². The molecule has 1 N–H and O–H groups in total. The Balaban J connectivity index is 1.52. The van der Waals surface area contributed by atoms with E-state index in [-0.39, 0.29) is 11.9 Å². The number of hydrogen-bond donors (Lipinski definition) is 1. The maximum Gasteiger partial charge on any atom is 0.242 e. The molecule has 0 aromatic carbocycles. The van der Waals surface area contributed by atoms with Gasteiger partial charge in [-0.3, -0.25) is 14.6 Å². The molecule has 1 saturated heterocycles. The third-order valence-corrected chi connectivity index (χ3v) is 4.92. The van der Waals surface area contributed by atoms with E-state index < -0.39 is 0 Å². The third kappa shape index (κ3) is 4.19. The van der Waals surface area contributed by atoms with Crippen LogP contribution in [0.2, 0.25) is 0 Å². The van der Waals surface area contributed by atoms with Gasteiger partial charge in [-0.2, -0.15) is 0 Å². The Kier molecular flexibility index (Phi) is 5.60. The molecule has 1 unspecified atom stereocenters. The van der Waals surface area contributed by atoms with E-state index in [0.717, 1.165) is 44.8 Å². The first-order chi connectivity index (χ1) is 11.7. The van der Waals surface area contributed by atoms with Gasteiger partial charge in [0, 0.05) is 44.2 Å². The molecule has 0 saturated carbocycles. The van der Waals surface area contributed by atoms with E-state index in [9.17, 15) is 4.79 Å². The highest BCUT2D eigenvalue weighted by Crippen LogP contribution is 2.15. The fourth-order valence-corrected chi connectivity index (χ4v) is 3.57. The van der Waals surface area contributed by atoms with Crippen molar-refractivity contribution in [3.63, 3.8) is 0 Å². The summed E-state index contributed by atoms with van der Waals surface area (Å²) in [4.78, 5) is 21.5. The van der Waals surface area contributed by atoms with Crippen LogP contribution in [-0.2, 0) is 11.3 Å². The van der Waals surface area contributed by atoms with Crippen LogP contribution in [0.4, 0.5) is 5.82 Å². The van der Waals surface area contributed by atoms with Gasteiger partial charge in [-0.15, -0.1) is 11.3 Å². The van der Waals surface area contributed by atoms with Crippen molar-refractivity contribution < 1.29 is 9.32 Å². The van der Waals surface area contributed by atoms with Crippen LogP contribution >= 0.6 is 11.3 Å². The van der Waals surface area contributed by atoms with E-state index in [1.54, 1.807) is 17.4 Å². The highest BCUT2D eigenvalue weighted by atomic mass is 32.1. The minimum atomic E-state index is -0.136. The van der Waals surface area contributed by atoms with Gasteiger partial charge in [0.1, 0.15) is 5.76 Å². The highest BCUT2D eigenvalue weighted by Gasteiger charge is 2.28. The molecule has 1 amide bonds. The molecule has 0 spiro atoms. The molecule has 1 aliphatic heterocycles. The Morgan fingerprint density at radius 3 is 2.79 bits per heavy atom. The number of hydrogen-bond acceptors (Lipinski definition) is 7. The smallest absolute Gasteiger partial charge is 0.242 e. The molecule has 24 heavy (non-hydrogen) atoms. The molecule has 0 radical (unpaired) electrons. The number of aryl methyl sites for hydroxylation is 1. The number of thiazole rings is 1. The lowest BCUT2D eigenvalue weighted by molar-refractivity contribution is -0.122. The summed E-state index contributed by atoms with van der Waals surface area (Å²) >= 11 is 1.63. The topological polar surface area (TPSA) is 74.5 Å². The zero-order valence-electron chi connectivity index (χ0n) is 14.1. The van der Waals surface area contributed by atoms with Crippen LogP contribution in [0.1, 0.15) is 24.8 Å². The fourth-order valence-electron chi connectivity index (χ4n) is 3.02. The molecule has 130 valence electrons. The molecule has 2 aromatic rings. The van der Waals surface area contributed by atoms with Crippen molar-refractivity contribution in [2.75, 3.05) is 31.5 Å². The zero-order chi connectivity index (χ0) is 16.9. The summed E-state index contributed by atoms with van der Waals surface area (Å²) in [6.07, 6.45) is 0.773. The summed E-state index contributed by atoms with van der Waals surface area (Å²) in [5.41, 5.74) is 2.99.